The van der Waals surface area contributed by atoms with E-state index < -0.39 is 0 Å². The molecular formula is C12H22N2. The lowest BCUT2D eigenvalue weighted by Gasteiger charge is -2.22. The van der Waals surface area contributed by atoms with E-state index in [0.29, 0.717) is 12.1 Å². The third-order valence-corrected chi connectivity index (χ3v) is 3.33. The fourth-order valence-electron chi connectivity index (χ4n) is 2.61. The van der Waals surface area contributed by atoms with E-state index in [2.05, 4.69) is 29.7 Å². The van der Waals surface area contributed by atoms with E-state index >= 15 is 0 Å². The third-order valence-electron chi connectivity index (χ3n) is 3.33. The Hall–Kier alpha value is -0.340. The van der Waals surface area contributed by atoms with E-state index in [1.54, 1.807) is 0 Å². The number of nitrogens with one attached hydrogen (secondary N) is 2. The molecule has 2 atom stereocenters. The van der Waals surface area contributed by atoms with Gasteiger partial charge in [-0.15, -0.1) is 0 Å². The van der Waals surface area contributed by atoms with Crippen LogP contribution in [0.5, 0.6) is 0 Å². The molecule has 0 aromatic rings. The zero-order valence-electron chi connectivity index (χ0n) is 9.13. The SMILES string of the molecule is CC(CC1CCCN1)NC1CC=CC1. The molecular weight excluding hydrogens is 172 g/mol. The van der Waals surface area contributed by atoms with E-state index in [1.165, 1.54) is 38.6 Å². The Morgan fingerprint density at radius 2 is 2.21 bits per heavy atom. The fourth-order valence-corrected chi connectivity index (χ4v) is 2.61. The van der Waals surface area contributed by atoms with Crippen LogP contribution in [0.4, 0.5) is 0 Å². The molecule has 2 nitrogen and oxygen atoms in total. The van der Waals surface area contributed by atoms with E-state index in [9.17, 15) is 0 Å². The zero-order valence-corrected chi connectivity index (χ0v) is 9.13. The van der Waals surface area contributed by atoms with Crippen LogP contribution in [0.15, 0.2) is 12.2 Å². The summed E-state index contributed by atoms with van der Waals surface area (Å²) in [7, 11) is 0. The Morgan fingerprint density at radius 1 is 1.43 bits per heavy atom. The molecule has 0 aromatic heterocycles. The summed E-state index contributed by atoms with van der Waals surface area (Å²) in [4.78, 5) is 0. The topological polar surface area (TPSA) is 24.1 Å². The van der Waals surface area contributed by atoms with Crippen molar-refractivity contribution in [2.75, 3.05) is 6.54 Å². The van der Waals surface area contributed by atoms with Gasteiger partial charge in [-0.3, -0.25) is 0 Å². The first-order chi connectivity index (χ1) is 6.84. The molecule has 0 amide bonds. The summed E-state index contributed by atoms with van der Waals surface area (Å²) in [6.45, 7) is 3.54. The lowest BCUT2D eigenvalue weighted by molar-refractivity contribution is 0.398. The Kier molecular flexibility index (Phi) is 3.60. The molecule has 0 saturated carbocycles. The first-order valence-corrected chi connectivity index (χ1v) is 5.99. The third kappa shape index (κ3) is 2.82. The van der Waals surface area contributed by atoms with Crippen molar-refractivity contribution in [2.24, 2.45) is 0 Å². The summed E-state index contributed by atoms with van der Waals surface area (Å²) < 4.78 is 0. The Morgan fingerprint density at radius 3 is 2.86 bits per heavy atom. The van der Waals surface area contributed by atoms with Crippen LogP contribution in [-0.4, -0.2) is 24.7 Å². The van der Waals surface area contributed by atoms with E-state index in [-0.39, 0.29) is 0 Å². The maximum Gasteiger partial charge on any atom is 0.0138 e. The molecule has 0 aromatic carbocycles. The van der Waals surface area contributed by atoms with Crippen LogP contribution >= 0.6 is 0 Å². The number of rotatable bonds is 4. The average Bonchev–Trinajstić information content (AvgIpc) is 2.76. The van der Waals surface area contributed by atoms with Crippen molar-refractivity contribution in [1.82, 2.24) is 10.6 Å². The fraction of sp³-hybridized carbons (Fsp3) is 0.833. The predicted molar refractivity (Wildman–Crippen MR) is 60.4 cm³/mol. The Labute approximate surface area is 87.2 Å². The van der Waals surface area contributed by atoms with Gasteiger partial charge in [-0.25, -0.2) is 0 Å². The molecule has 2 unspecified atom stereocenters. The van der Waals surface area contributed by atoms with Crippen LogP contribution in [0, 0.1) is 0 Å². The smallest absolute Gasteiger partial charge is 0.0138 e. The van der Waals surface area contributed by atoms with E-state index in [0.717, 1.165) is 6.04 Å². The minimum absolute atomic E-state index is 0.662. The molecule has 1 heterocycles. The standard InChI is InChI=1S/C12H22N2/c1-10(9-12-7-4-8-13-12)14-11-5-2-3-6-11/h2-3,10-14H,4-9H2,1H3. The molecule has 2 heteroatoms. The molecule has 0 radical (unpaired) electrons. The largest absolute Gasteiger partial charge is 0.314 e. The summed E-state index contributed by atoms with van der Waals surface area (Å²) in [5, 5.41) is 7.26. The normalized spacial score (nSPS) is 29.9. The molecule has 14 heavy (non-hydrogen) atoms. The second-order valence-corrected chi connectivity index (χ2v) is 4.74. The molecule has 2 rings (SSSR count). The number of hydrogen-bond acceptors (Lipinski definition) is 2. The van der Waals surface area contributed by atoms with Gasteiger partial charge in [-0.05, 0) is 45.6 Å². The molecule has 1 aliphatic carbocycles. The van der Waals surface area contributed by atoms with Crippen molar-refractivity contribution in [3.05, 3.63) is 12.2 Å². The molecule has 1 aliphatic heterocycles. The molecule has 1 fully saturated rings. The minimum atomic E-state index is 0.662. The lowest BCUT2D eigenvalue weighted by atomic mass is 10.1. The quantitative estimate of drug-likeness (QED) is 0.667. The van der Waals surface area contributed by atoms with Gasteiger partial charge in [0.2, 0.25) is 0 Å². The number of hydrogen-bond donors (Lipinski definition) is 2. The Bertz CT molecular complexity index is 182. The van der Waals surface area contributed by atoms with E-state index in [1.807, 2.05) is 0 Å². The van der Waals surface area contributed by atoms with Crippen molar-refractivity contribution >= 4 is 0 Å². The highest BCUT2D eigenvalue weighted by Crippen LogP contribution is 2.14. The van der Waals surface area contributed by atoms with Gasteiger partial charge in [0.15, 0.2) is 0 Å². The highest BCUT2D eigenvalue weighted by Gasteiger charge is 2.19. The first-order valence-electron chi connectivity index (χ1n) is 5.99. The molecule has 0 bridgehead atoms. The van der Waals surface area contributed by atoms with Crippen LogP contribution < -0.4 is 10.6 Å². The van der Waals surface area contributed by atoms with Crippen molar-refractivity contribution in [1.29, 1.82) is 0 Å². The van der Waals surface area contributed by atoms with E-state index in [4.69, 9.17) is 0 Å². The molecule has 0 spiro atoms. The molecule has 80 valence electrons. The van der Waals surface area contributed by atoms with Crippen molar-refractivity contribution in [3.63, 3.8) is 0 Å². The highest BCUT2D eigenvalue weighted by atomic mass is 15.0. The molecule has 2 aliphatic rings. The van der Waals surface area contributed by atoms with Crippen LogP contribution in [0.25, 0.3) is 0 Å². The summed E-state index contributed by atoms with van der Waals surface area (Å²) >= 11 is 0. The van der Waals surface area contributed by atoms with Crippen LogP contribution in [-0.2, 0) is 0 Å². The average molecular weight is 194 g/mol. The van der Waals surface area contributed by atoms with Gasteiger partial charge in [-0.2, -0.15) is 0 Å². The van der Waals surface area contributed by atoms with Crippen molar-refractivity contribution < 1.29 is 0 Å². The van der Waals surface area contributed by atoms with Gasteiger partial charge < -0.3 is 10.6 Å². The van der Waals surface area contributed by atoms with Crippen molar-refractivity contribution in [2.45, 2.75) is 57.2 Å². The highest BCUT2D eigenvalue weighted by molar-refractivity contribution is 4.98. The summed E-state index contributed by atoms with van der Waals surface area (Å²) in [6.07, 6.45) is 11.1. The van der Waals surface area contributed by atoms with Gasteiger partial charge in [0.1, 0.15) is 0 Å². The van der Waals surface area contributed by atoms with Gasteiger partial charge in [-0.1, -0.05) is 12.2 Å². The van der Waals surface area contributed by atoms with Gasteiger partial charge in [0.05, 0.1) is 0 Å². The second-order valence-electron chi connectivity index (χ2n) is 4.74. The maximum atomic E-state index is 3.70. The minimum Gasteiger partial charge on any atom is -0.314 e. The molecule has 2 N–H and O–H groups in total. The molecule has 1 saturated heterocycles. The lowest BCUT2D eigenvalue weighted by Crippen LogP contribution is -2.38. The van der Waals surface area contributed by atoms with Crippen LogP contribution in [0.3, 0.4) is 0 Å². The van der Waals surface area contributed by atoms with Gasteiger partial charge >= 0.3 is 0 Å². The zero-order chi connectivity index (χ0) is 9.80. The van der Waals surface area contributed by atoms with Gasteiger partial charge in [0.25, 0.3) is 0 Å². The van der Waals surface area contributed by atoms with Crippen LogP contribution in [0.2, 0.25) is 0 Å². The van der Waals surface area contributed by atoms with Gasteiger partial charge in [0, 0.05) is 18.1 Å². The summed E-state index contributed by atoms with van der Waals surface area (Å²) in [6, 6.07) is 2.15. The second kappa shape index (κ2) is 4.94. The van der Waals surface area contributed by atoms with Crippen LogP contribution in [0.1, 0.15) is 39.0 Å². The monoisotopic (exact) mass is 194 g/mol. The van der Waals surface area contributed by atoms with Crippen molar-refractivity contribution in [3.8, 4) is 0 Å². The predicted octanol–water partition coefficient (Wildman–Crippen LogP) is 1.83. The summed E-state index contributed by atoms with van der Waals surface area (Å²) in [5.74, 6) is 0. The Balaban J connectivity index is 1.64. The first kappa shape index (κ1) is 10.2. The maximum absolute atomic E-state index is 3.70. The summed E-state index contributed by atoms with van der Waals surface area (Å²) in [5.41, 5.74) is 0.